The van der Waals surface area contributed by atoms with Gasteiger partial charge < -0.3 is 10.2 Å². The van der Waals surface area contributed by atoms with Crippen LogP contribution in [0.5, 0.6) is 0 Å². The molecule has 0 aliphatic carbocycles. The number of aliphatic imine (C=N–C) groups is 1. The number of nitrogens with one attached hydrogen (secondary N) is 1. The summed E-state index contributed by atoms with van der Waals surface area (Å²) in [4.78, 5) is 19.0. The van der Waals surface area contributed by atoms with E-state index in [0.29, 0.717) is 24.2 Å². The van der Waals surface area contributed by atoms with Crippen LogP contribution in [0.3, 0.4) is 0 Å². The highest BCUT2D eigenvalue weighted by molar-refractivity contribution is 5.99. The first-order valence-corrected chi connectivity index (χ1v) is 10.4. The second-order valence-corrected chi connectivity index (χ2v) is 8.26. The lowest BCUT2D eigenvalue weighted by molar-refractivity contribution is 0.0930. The summed E-state index contributed by atoms with van der Waals surface area (Å²) >= 11 is 0. The summed E-state index contributed by atoms with van der Waals surface area (Å²) in [6.07, 6.45) is 0. The molecule has 4 rings (SSSR count). The number of carbonyl (C=O) groups is 1. The van der Waals surface area contributed by atoms with E-state index in [4.69, 9.17) is 0 Å². The predicted octanol–water partition coefficient (Wildman–Crippen LogP) is 4.92. The summed E-state index contributed by atoms with van der Waals surface area (Å²) in [5.74, 6) is -0.556. The molecule has 3 aromatic carbocycles. The molecular formula is C26H26FN3O. The van der Waals surface area contributed by atoms with E-state index >= 15 is 0 Å². The molecule has 1 N–H and O–H groups in total. The quantitative estimate of drug-likeness (QED) is 0.621. The summed E-state index contributed by atoms with van der Waals surface area (Å²) in [6.45, 7) is 3.13. The lowest BCUT2D eigenvalue weighted by Crippen LogP contribution is -2.35. The maximum Gasteiger partial charge on any atom is 0.251 e. The van der Waals surface area contributed by atoms with Gasteiger partial charge in [-0.05, 0) is 61.5 Å². The maximum atomic E-state index is 13.9. The van der Waals surface area contributed by atoms with Gasteiger partial charge in [0.05, 0.1) is 12.6 Å². The van der Waals surface area contributed by atoms with Crippen molar-refractivity contribution in [2.24, 2.45) is 4.99 Å². The van der Waals surface area contributed by atoms with Crippen molar-refractivity contribution >= 4 is 11.9 Å². The van der Waals surface area contributed by atoms with Crippen molar-refractivity contribution in [1.29, 1.82) is 0 Å². The van der Waals surface area contributed by atoms with Gasteiger partial charge in [0.2, 0.25) is 5.97 Å². The number of nitrogens with zero attached hydrogens (tertiary/aromatic N) is 2. The average molecular weight is 416 g/mol. The number of rotatable bonds is 6. The molecule has 0 saturated heterocycles. The van der Waals surface area contributed by atoms with Crippen molar-refractivity contribution in [3.05, 3.63) is 94.5 Å². The van der Waals surface area contributed by atoms with Crippen molar-refractivity contribution in [2.45, 2.75) is 19.5 Å². The summed E-state index contributed by atoms with van der Waals surface area (Å²) < 4.78 is 13.9. The van der Waals surface area contributed by atoms with E-state index in [1.165, 1.54) is 0 Å². The van der Waals surface area contributed by atoms with Crippen LogP contribution in [0, 0.1) is 6.92 Å². The molecule has 0 fully saturated rings. The van der Waals surface area contributed by atoms with Crippen molar-refractivity contribution in [2.75, 3.05) is 20.6 Å². The molecule has 0 unspecified atom stereocenters. The Hall–Kier alpha value is -3.31. The van der Waals surface area contributed by atoms with Crippen LogP contribution in [-0.4, -0.2) is 37.4 Å². The van der Waals surface area contributed by atoms with Crippen molar-refractivity contribution in [3.63, 3.8) is 0 Å². The Kier molecular flexibility index (Phi) is 5.96. The molecule has 3 aromatic rings. The number of carbonyl (C=O) groups excluding carboxylic acids is 1. The molecule has 1 aliphatic rings. The van der Waals surface area contributed by atoms with E-state index in [2.05, 4.69) is 21.3 Å². The Morgan fingerprint density at radius 2 is 1.84 bits per heavy atom. The summed E-state index contributed by atoms with van der Waals surface area (Å²) in [7, 11) is 3.98. The van der Waals surface area contributed by atoms with Gasteiger partial charge in [0, 0.05) is 17.7 Å². The van der Waals surface area contributed by atoms with Gasteiger partial charge in [-0.1, -0.05) is 54.1 Å². The fourth-order valence-corrected chi connectivity index (χ4v) is 3.89. The molecule has 1 heterocycles. The molecule has 1 atom stereocenters. The van der Waals surface area contributed by atoms with Crippen molar-refractivity contribution in [3.8, 4) is 11.1 Å². The standard InChI is InChI=1S/C26H26FN3O/c1-17-6-4-8-20(12-17)24(16-30(2)3)29-26(31)21-9-5-7-18(13-21)19-10-11-22-15-28-25(27)23(22)14-19/h4-14,24H,15-16H2,1-3H3,(H,29,31)/t24-/m0/s1. The maximum absolute atomic E-state index is 13.9. The number of aryl methyl sites for hydroxylation is 1. The van der Waals surface area contributed by atoms with Gasteiger partial charge >= 0.3 is 0 Å². The highest BCUT2D eigenvalue weighted by Crippen LogP contribution is 2.28. The first kappa shape index (κ1) is 20.9. The van der Waals surface area contributed by atoms with Gasteiger partial charge in [-0.3, -0.25) is 9.79 Å². The van der Waals surface area contributed by atoms with E-state index in [1.807, 2.05) is 69.6 Å². The van der Waals surface area contributed by atoms with Crippen LogP contribution in [-0.2, 0) is 6.54 Å². The molecule has 4 nitrogen and oxygen atoms in total. The van der Waals surface area contributed by atoms with Gasteiger partial charge in [0.15, 0.2) is 0 Å². The van der Waals surface area contributed by atoms with Gasteiger partial charge in [0.1, 0.15) is 0 Å². The lowest BCUT2D eigenvalue weighted by Gasteiger charge is -2.23. The molecule has 0 bridgehead atoms. The van der Waals surface area contributed by atoms with Crippen molar-refractivity contribution < 1.29 is 9.18 Å². The minimum atomic E-state index is -0.421. The minimum Gasteiger partial charge on any atom is -0.344 e. The fourth-order valence-electron chi connectivity index (χ4n) is 3.89. The second-order valence-electron chi connectivity index (χ2n) is 8.26. The van der Waals surface area contributed by atoms with Crippen LogP contribution in [0.15, 0.2) is 71.7 Å². The van der Waals surface area contributed by atoms with Crippen LogP contribution in [0.1, 0.15) is 38.7 Å². The van der Waals surface area contributed by atoms with E-state index in [0.717, 1.165) is 27.8 Å². The summed E-state index contributed by atoms with van der Waals surface area (Å²) in [5.41, 5.74) is 5.97. The zero-order valence-corrected chi connectivity index (χ0v) is 18.0. The molecule has 0 spiro atoms. The Balaban J connectivity index is 1.59. The number of halogens is 1. The lowest BCUT2D eigenvalue weighted by atomic mass is 9.98. The Morgan fingerprint density at radius 3 is 2.61 bits per heavy atom. The molecule has 0 aromatic heterocycles. The van der Waals surface area contributed by atoms with E-state index in [9.17, 15) is 9.18 Å². The molecule has 1 amide bonds. The smallest absolute Gasteiger partial charge is 0.251 e. The van der Waals surface area contributed by atoms with Crippen molar-refractivity contribution in [1.82, 2.24) is 10.2 Å². The third-order valence-electron chi connectivity index (χ3n) is 5.48. The summed E-state index contributed by atoms with van der Waals surface area (Å²) in [5, 5.41) is 3.18. The fraction of sp³-hybridized carbons (Fsp3) is 0.231. The number of fused-ring (bicyclic) bond motifs is 1. The number of hydrogen-bond acceptors (Lipinski definition) is 3. The Morgan fingerprint density at radius 1 is 1.06 bits per heavy atom. The molecule has 158 valence electrons. The van der Waals surface area contributed by atoms with Gasteiger partial charge in [-0.15, -0.1) is 0 Å². The highest BCUT2D eigenvalue weighted by atomic mass is 19.1. The molecule has 5 heteroatoms. The van der Waals surface area contributed by atoms with E-state index < -0.39 is 5.97 Å². The van der Waals surface area contributed by atoms with Crippen LogP contribution in [0.25, 0.3) is 11.1 Å². The zero-order valence-electron chi connectivity index (χ0n) is 18.0. The minimum absolute atomic E-state index is 0.128. The number of benzene rings is 3. The second kappa shape index (κ2) is 8.82. The number of likely N-dealkylation sites (N-methyl/N-ethyl adjacent to an activating group) is 1. The molecular weight excluding hydrogens is 389 g/mol. The third-order valence-corrected chi connectivity index (χ3v) is 5.48. The van der Waals surface area contributed by atoms with E-state index in [-0.39, 0.29) is 11.9 Å². The van der Waals surface area contributed by atoms with Crippen LogP contribution >= 0.6 is 0 Å². The van der Waals surface area contributed by atoms with Gasteiger partial charge in [-0.2, -0.15) is 4.39 Å². The van der Waals surface area contributed by atoms with E-state index in [1.54, 1.807) is 12.1 Å². The van der Waals surface area contributed by atoms with Crippen LogP contribution < -0.4 is 5.32 Å². The largest absolute Gasteiger partial charge is 0.344 e. The molecule has 1 aliphatic heterocycles. The Labute approximate surface area is 182 Å². The predicted molar refractivity (Wildman–Crippen MR) is 123 cm³/mol. The number of amides is 1. The SMILES string of the molecule is Cc1cccc([C@H](CN(C)C)NC(=O)c2cccc(-c3ccc4c(c3)C(F)=NC4)c2)c1. The zero-order chi connectivity index (χ0) is 22.0. The first-order valence-electron chi connectivity index (χ1n) is 10.4. The number of hydrogen-bond donors (Lipinski definition) is 1. The van der Waals surface area contributed by atoms with Crippen LogP contribution in [0.4, 0.5) is 4.39 Å². The molecule has 0 radical (unpaired) electrons. The Bertz CT molecular complexity index is 1150. The summed E-state index contributed by atoms with van der Waals surface area (Å²) in [6, 6.07) is 21.2. The van der Waals surface area contributed by atoms with Crippen LogP contribution in [0.2, 0.25) is 0 Å². The topological polar surface area (TPSA) is 44.7 Å². The molecule has 0 saturated carbocycles. The average Bonchev–Trinajstić information content (AvgIpc) is 3.13. The van der Waals surface area contributed by atoms with Gasteiger partial charge in [0.25, 0.3) is 5.91 Å². The third kappa shape index (κ3) is 4.72. The van der Waals surface area contributed by atoms with Gasteiger partial charge in [-0.25, -0.2) is 0 Å². The first-order chi connectivity index (χ1) is 14.9. The highest BCUT2D eigenvalue weighted by Gasteiger charge is 2.19. The monoisotopic (exact) mass is 415 g/mol. The molecule has 31 heavy (non-hydrogen) atoms. The normalized spacial score (nSPS) is 13.6.